The third-order valence-electron chi connectivity index (χ3n) is 6.64. The zero-order valence-electron chi connectivity index (χ0n) is 24.8. The molecule has 2 aromatic carbocycles. The first kappa shape index (κ1) is 35.8. The zero-order chi connectivity index (χ0) is 32.7. The van der Waals surface area contributed by atoms with Crippen molar-refractivity contribution < 1.29 is 38.7 Å². The third kappa shape index (κ3) is 8.74. The summed E-state index contributed by atoms with van der Waals surface area (Å²) in [6.07, 6.45) is 8.85. The van der Waals surface area contributed by atoms with Gasteiger partial charge in [-0.25, -0.2) is 17.6 Å². The van der Waals surface area contributed by atoms with E-state index in [4.69, 9.17) is 0 Å². The van der Waals surface area contributed by atoms with Gasteiger partial charge in [-0.05, 0) is 72.9 Å². The van der Waals surface area contributed by atoms with Crippen molar-refractivity contribution in [2.24, 2.45) is 0 Å². The van der Waals surface area contributed by atoms with E-state index in [1.165, 1.54) is 74.3 Å². The molecule has 1 aliphatic rings. The number of aryl methyl sites for hydroxylation is 1. The first-order chi connectivity index (χ1) is 20.8. The number of allylic oxidation sites excluding steroid dienone is 4. The number of halogens is 2. The van der Waals surface area contributed by atoms with Crippen molar-refractivity contribution >= 4 is 65.7 Å². The molecule has 44 heavy (non-hydrogen) atoms. The minimum atomic E-state index is -4.76. The van der Waals surface area contributed by atoms with Crippen molar-refractivity contribution in [3.05, 3.63) is 81.9 Å². The standard InChI is InChI=1S/C23H20F2N2O6S4.C6H15N/c1-2-3-7-16-17(25)11-13-20-23(16)27(37(31,32)33)22(35-20)9-6-4-5-8-21-26(36(28,29)30)18-14-15(24)10-12-19(18)34-21;1-4-7(5-2)6-3/h4-6,8-14H,2-3,7H2,1H3,(H-,28,29,30,31,32,33);4-6H2,1-3H3/p+1. The summed E-state index contributed by atoms with van der Waals surface area (Å²) in [5.74, 6) is -1.22. The lowest BCUT2D eigenvalue weighted by molar-refractivity contribution is -0.486. The van der Waals surface area contributed by atoms with Crippen molar-refractivity contribution in [2.75, 3.05) is 23.9 Å². The third-order valence-corrected chi connectivity index (χ3v) is 10.7. The Hall–Kier alpha value is -2.66. The lowest BCUT2D eigenvalue weighted by Gasteiger charge is -2.15. The minimum Gasteiger partial charge on any atom is -0.304 e. The van der Waals surface area contributed by atoms with Crippen molar-refractivity contribution in [3.63, 3.8) is 0 Å². The Morgan fingerprint density at radius 2 is 1.64 bits per heavy atom. The highest BCUT2D eigenvalue weighted by Crippen LogP contribution is 2.47. The number of unbranched alkanes of at least 4 members (excludes halogenated alkanes) is 1. The number of aromatic nitrogens is 1. The summed E-state index contributed by atoms with van der Waals surface area (Å²) < 4.78 is 97.7. The van der Waals surface area contributed by atoms with Crippen LogP contribution in [0.2, 0.25) is 0 Å². The summed E-state index contributed by atoms with van der Waals surface area (Å²) in [6, 6.07) is 6.27. The van der Waals surface area contributed by atoms with Crippen molar-refractivity contribution in [1.82, 2.24) is 4.90 Å². The molecule has 0 radical (unpaired) electrons. The van der Waals surface area contributed by atoms with Gasteiger partial charge in [-0.2, -0.15) is 8.42 Å². The van der Waals surface area contributed by atoms with Gasteiger partial charge in [0.15, 0.2) is 0 Å². The van der Waals surface area contributed by atoms with Crippen LogP contribution in [0.1, 0.15) is 51.1 Å². The fourth-order valence-electron chi connectivity index (χ4n) is 4.44. The number of hydrogen-bond acceptors (Lipinski definition) is 7. The van der Waals surface area contributed by atoms with E-state index in [1.807, 2.05) is 6.92 Å². The summed E-state index contributed by atoms with van der Waals surface area (Å²) >= 11 is 2.06. The second-order valence-electron chi connectivity index (χ2n) is 9.48. The number of fused-ring (bicyclic) bond motifs is 2. The molecule has 0 bridgehead atoms. The Bertz CT molecular complexity index is 1780. The number of thioether (sulfide) groups is 1. The van der Waals surface area contributed by atoms with Crippen LogP contribution in [0.5, 0.6) is 0 Å². The molecule has 9 nitrogen and oxygen atoms in total. The van der Waals surface area contributed by atoms with Crippen molar-refractivity contribution in [3.8, 4) is 0 Å². The molecule has 1 aromatic heterocycles. The molecule has 0 atom stereocenters. The Balaban J connectivity index is 0.000000676. The number of thiazole rings is 1. The van der Waals surface area contributed by atoms with Crippen LogP contribution in [-0.4, -0.2) is 50.5 Å². The number of anilines is 1. The molecule has 240 valence electrons. The largest absolute Gasteiger partial charge is 0.513 e. The Labute approximate surface area is 266 Å². The molecule has 0 unspecified atom stereocenters. The van der Waals surface area contributed by atoms with E-state index in [0.29, 0.717) is 30.7 Å². The maximum atomic E-state index is 14.5. The number of benzene rings is 2. The van der Waals surface area contributed by atoms with Gasteiger partial charge in [0.05, 0.1) is 16.3 Å². The lowest BCUT2D eigenvalue weighted by atomic mass is 10.1. The molecule has 0 saturated heterocycles. The van der Waals surface area contributed by atoms with Crippen molar-refractivity contribution in [2.45, 2.75) is 51.9 Å². The van der Waals surface area contributed by atoms with E-state index in [1.54, 1.807) is 0 Å². The van der Waals surface area contributed by atoms with Crippen LogP contribution in [0.3, 0.4) is 0 Å². The van der Waals surface area contributed by atoms with Crippen LogP contribution in [0.15, 0.2) is 64.6 Å². The van der Waals surface area contributed by atoms with E-state index in [0.717, 1.165) is 35.6 Å². The van der Waals surface area contributed by atoms with E-state index in [9.17, 15) is 34.7 Å². The molecule has 1 aliphatic heterocycles. The van der Waals surface area contributed by atoms with Crippen LogP contribution in [0.25, 0.3) is 16.3 Å². The van der Waals surface area contributed by atoms with Gasteiger partial charge < -0.3 is 4.90 Å². The fraction of sp³-hybridized carbons (Fsp3) is 0.345. The predicted molar refractivity (Wildman–Crippen MR) is 174 cm³/mol. The van der Waals surface area contributed by atoms with Crippen LogP contribution < -0.4 is 8.28 Å². The van der Waals surface area contributed by atoms with E-state index >= 15 is 0 Å². The van der Waals surface area contributed by atoms with Crippen LogP contribution in [0, 0.1) is 11.6 Å². The Morgan fingerprint density at radius 3 is 2.20 bits per heavy atom. The van der Waals surface area contributed by atoms with Gasteiger partial charge >= 0.3 is 20.6 Å². The maximum absolute atomic E-state index is 14.5. The Morgan fingerprint density at radius 1 is 0.955 bits per heavy atom. The van der Waals surface area contributed by atoms with E-state index < -0.39 is 32.2 Å². The average molecular weight is 689 g/mol. The molecule has 0 aliphatic carbocycles. The van der Waals surface area contributed by atoms with Gasteiger partial charge in [0, 0.05) is 11.0 Å². The lowest BCUT2D eigenvalue weighted by Crippen LogP contribution is -2.44. The van der Waals surface area contributed by atoms with Gasteiger partial charge in [-0.3, -0.25) is 4.55 Å². The number of nitrogens with zero attached hydrogens (tertiary/aromatic N) is 3. The SMILES string of the molecule is CCCCc1c(F)ccc2sc(C=CC=CC=C3Sc4ccc(F)cc4N3S(=O)(=O)O)[n+](S(=O)(=O)O)c12.CCN(CC)CC. The molecule has 2 N–H and O–H groups in total. The smallest absolute Gasteiger partial charge is 0.304 e. The maximum Gasteiger partial charge on any atom is 0.513 e. The summed E-state index contributed by atoms with van der Waals surface area (Å²) in [4.78, 5) is 2.81. The molecular formula is C29H36F2N3O6S4+. The van der Waals surface area contributed by atoms with Gasteiger partial charge in [0.25, 0.3) is 10.5 Å². The van der Waals surface area contributed by atoms with E-state index in [2.05, 4.69) is 25.7 Å². The topological polar surface area (TPSA) is 119 Å². The Kier molecular flexibility index (Phi) is 12.7. The summed E-state index contributed by atoms with van der Waals surface area (Å²) in [6.45, 7) is 12.1. The molecule has 0 spiro atoms. The molecule has 0 amide bonds. The molecule has 0 saturated carbocycles. The second-order valence-corrected chi connectivity index (χ2v) is 14.1. The summed E-state index contributed by atoms with van der Waals surface area (Å²) in [5.41, 5.74) is 0.267. The molecule has 0 fully saturated rings. The molecule has 3 aromatic rings. The second kappa shape index (κ2) is 15.6. The quantitative estimate of drug-likeness (QED) is 0.131. The first-order valence-corrected chi connectivity index (χ1v) is 18.4. The highest BCUT2D eigenvalue weighted by Gasteiger charge is 2.34. The summed E-state index contributed by atoms with van der Waals surface area (Å²) in [7, 11) is -9.48. The van der Waals surface area contributed by atoms with E-state index in [-0.39, 0.29) is 26.8 Å². The molecule has 15 heteroatoms. The van der Waals surface area contributed by atoms with Crippen LogP contribution >= 0.6 is 23.1 Å². The highest BCUT2D eigenvalue weighted by atomic mass is 32.2. The average Bonchev–Trinajstić information content (AvgIpc) is 3.51. The normalized spacial score (nSPS) is 14.8. The van der Waals surface area contributed by atoms with Crippen molar-refractivity contribution in [1.29, 1.82) is 0 Å². The first-order valence-electron chi connectivity index (χ1n) is 13.9. The van der Waals surface area contributed by atoms with Gasteiger partial charge in [0.2, 0.25) is 0 Å². The van der Waals surface area contributed by atoms with Crippen LogP contribution in [-0.2, 0) is 27.0 Å². The van der Waals surface area contributed by atoms with Gasteiger partial charge in [-0.1, -0.05) is 75.4 Å². The molecule has 4 rings (SSSR count). The summed E-state index contributed by atoms with van der Waals surface area (Å²) in [5, 5.41) is 0.217. The highest BCUT2D eigenvalue weighted by molar-refractivity contribution is 8.05. The van der Waals surface area contributed by atoms with Gasteiger partial charge in [0.1, 0.15) is 16.3 Å². The molecular weight excluding hydrogens is 653 g/mol. The predicted octanol–water partition coefficient (Wildman–Crippen LogP) is 6.63. The zero-order valence-corrected chi connectivity index (χ0v) is 28.0. The number of hydrogen-bond donors (Lipinski definition) is 2. The van der Waals surface area contributed by atoms with Crippen LogP contribution in [0.4, 0.5) is 14.5 Å². The minimum absolute atomic E-state index is 0.0201. The fourth-order valence-corrected chi connectivity index (χ4v) is 8.70. The number of rotatable bonds is 11. The van der Waals surface area contributed by atoms with Gasteiger partial charge in [-0.15, -0.1) is 8.42 Å². The molecule has 2 heterocycles. The monoisotopic (exact) mass is 688 g/mol.